The van der Waals surface area contributed by atoms with E-state index >= 15 is 0 Å². The highest BCUT2D eigenvalue weighted by atomic mass is 19.1. The summed E-state index contributed by atoms with van der Waals surface area (Å²) in [7, 11) is 3.80. The molecule has 2 heterocycles. The van der Waals surface area contributed by atoms with Crippen molar-refractivity contribution in [3.05, 3.63) is 120 Å². The number of ketones is 1. The number of para-hydroxylation sites is 1. The summed E-state index contributed by atoms with van der Waals surface area (Å²) in [4.78, 5) is 62.0. The molecular weight excluding hydrogens is 537 g/mol. The van der Waals surface area contributed by atoms with Gasteiger partial charge < -0.3 is 15.1 Å². The zero-order chi connectivity index (χ0) is 29.8. The smallest absolute Gasteiger partial charge is 0.299 e. The average molecular weight is 566 g/mol. The first-order valence-corrected chi connectivity index (χ1v) is 13.2. The minimum absolute atomic E-state index is 0.0423. The molecule has 0 bridgehead atoms. The number of rotatable bonds is 9. The van der Waals surface area contributed by atoms with Gasteiger partial charge in [0.1, 0.15) is 18.4 Å². The van der Waals surface area contributed by atoms with Gasteiger partial charge in [-0.15, -0.1) is 0 Å². The molecular formula is C32H28FN5O4. The van der Waals surface area contributed by atoms with Crippen molar-refractivity contribution in [2.75, 3.05) is 35.8 Å². The third kappa shape index (κ3) is 5.87. The van der Waals surface area contributed by atoms with E-state index in [0.29, 0.717) is 22.5 Å². The van der Waals surface area contributed by atoms with E-state index in [-0.39, 0.29) is 12.1 Å². The summed E-state index contributed by atoms with van der Waals surface area (Å²) < 4.78 is 13.9. The Bertz CT molecular complexity index is 1630. The van der Waals surface area contributed by atoms with Crippen LogP contribution in [0.1, 0.15) is 27.5 Å². The first kappa shape index (κ1) is 28.2. The fourth-order valence-corrected chi connectivity index (χ4v) is 4.81. The number of aromatic nitrogens is 1. The second-order valence-corrected chi connectivity index (χ2v) is 10.0. The quantitative estimate of drug-likeness (QED) is 0.305. The highest BCUT2D eigenvalue weighted by molar-refractivity contribution is 6.52. The Morgan fingerprint density at radius 3 is 2.31 bits per heavy atom. The number of hydrogen-bond donors (Lipinski definition) is 1. The van der Waals surface area contributed by atoms with Crippen LogP contribution >= 0.6 is 0 Å². The number of pyridine rings is 1. The van der Waals surface area contributed by atoms with E-state index in [9.17, 15) is 23.6 Å². The largest absolute Gasteiger partial charge is 0.378 e. The highest BCUT2D eigenvalue weighted by Gasteiger charge is 2.39. The van der Waals surface area contributed by atoms with Crippen molar-refractivity contribution in [1.29, 1.82) is 0 Å². The molecule has 5 rings (SSSR count). The van der Waals surface area contributed by atoms with E-state index < -0.39 is 41.9 Å². The SMILES string of the molecule is CN(C)c1ccc(NC(=O)[C@@H](c2ccc(F)cc2)N(Cc2cccnc2)C(=O)CN2C(=O)C(=O)c3ccccc32)cc1. The molecule has 0 aliphatic carbocycles. The maximum Gasteiger partial charge on any atom is 0.299 e. The van der Waals surface area contributed by atoms with Gasteiger partial charge in [0.15, 0.2) is 0 Å². The fourth-order valence-electron chi connectivity index (χ4n) is 4.81. The molecule has 3 amide bonds. The third-order valence-electron chi connectivity index (χ3n) is 6.97. The summed E-state index contributed by atoms with van der Waals surface area (Å²) in [5, 5.41) is 2.87. The number of halogens is 1. The first-order valence-electron chi connectivity index (χ1n) is 13.2. The molecule has 10 heteroatoms. The van der Waals surface area contributed by atoms with E-state index in [1.807, 2.05) is 31.1 Å². The Balaban J connectivity index is 1.52. The molecule has 1 aromatic heterocycles. The van der Waals surface area contributed by atoms with Crippen LogP contribution in [-0.4, -0.2) is 54.0 Å². The summed E-state index contributed by atoms with van der Waals surface area (Å²) in [6, 6.07) is 21.2. The second kappa shape index (κ2) is 12.0. The van der Waals surface area contributed by atoms with Crippen LogP contribution in [0.2, 0.25) is 0 Å². The number of hydrogen-bond acceptors (Lipinski definition) is 6. The van der Waals surface area contributed by atoms with Gasteiger partial charge in [-0.3, -0.25) is 29.1 Å². The van der Waals surface area contributed by atoms with Crippen molar-refractivity contribution < 1.29 is 23.6 Å². The van der Waals surface area contributed by atoms with Gasteiger partial charge in [-0.2, -0.15) is 0 Å². The second-order valence-electron chi connectivity index (χ2n) is 10.0. The van der Waals surface area contributed by atoms with E-state index in [0.717, 1.165) is 10.6 Å². The average Bonchev–Trinajstić information content (AvgIpc) is 3.23. The summed E-state index contributed by atoms with van der Waals surface area (Å²) in [6.45, 7) is -0.524. The van der Waals surface area contributed by atoms with E-state index in [1.165, 1.54) is 35.2 Å². The summed E-state index contributed by atoms with van der Waals surface area (Å²) in [5.41, 5.74) is 2.96. The lowest BCUT2D eigenvalue weighted by atomic mass is 10.0. The van der Waals surface area contributed by atoms with Gasteiger partial charge >= 0.3 is 0 Å². The minimum Gasteiger partial charge on any atom is -0.378 e. The molecule has 9 nitrogen and oxygen atoms in total. The number of Topliss-reactive ketones (excluding diaryl/α,β-unsaturated/α-hetero) is 1. The van der Waals surface area contributed by atoms with E-state index in [4.69, 9.17) is 0 Å². The predicted molar refractivity (Wildman–Crippen MR) is 156 cm³/mol. The Labute approximate surface area is 242 Å². The van der Waals surface area contributed by atoms with Crippen LogP contribution in [0.5, 0.6) is 0 Å². The van der Waals surface area contributed by atoms with Gasteiger partial charge in [-0.1, -0.05) is 30.3 Å². The van der Waals surface area contributed by atoms with Crippen LogP contribution < -0.4 is 15.1 Å². The first-order chi connectivity index (χ1) is 20.2. The fraction of sp³-hybridized carbons (Fsp3) is 0.156. The van der Waals surface area contributed by atoms with E-state index in [1.54, 1.807) is 54.9 Å². The van der Waals surface area contributed by atoms with Crippen molar-refractivity contribution in [2.45, 2.75) is 12.6 Å². The number of carbonyl (C=O) groups excluding carboxylic acids is 4. The molecule has 42 heavy (non-hydrogen) atoms. The number of nitrogens with zero attached hydrogens (tertiary/aromatic N) is 4. The van der Waals surface area contributed by atoms with Crippen LogP contribution in [0.3, 0.4) is 0 Å². The third-order valence-corrected chi connectivity index (χ3v) is 6.97. The molecule has 0 saturated heterocycles. The van der Waals surface area contributed by atoms with Crippen LogP contribution in [0.4, 0.5) is 21.5 Å². The Morgan fingerprint density at radius 1 is 0.929 bits per heavy atom. The van der Waals surface area contributed by atoms with Crippen molar-refractivity contribution in [2.24, 2.45) is 0 Å². The lowest BCUT2D eigenvalue weighted by Gasteiger charge is -2.33. The molecule has 0 unspecified atom stereocenters. The number of carbonyl (C=O) groups is 4. The number of anilines is 3. The molecule has 0 fully saturated rings. The van der Waals surface area contributed by atoms with Crippen molar-refractivity contribution in [3.8, 4) is 0 Å². The van der Waals surface area contributed by atoms with Crippen LogP contribution in [0.25, 0.3) is 0 Å². The molecule has 1 N–H and O–H groups in total. The topological polar surface area (TPSA) is 103 Å². The normalized spacial score (nSPS) is 13.0. The molecule has 4 aromatic rings. The van der Waals surface area contributed by atoms with Crippen LogP contribution in [-0.2, 0) is 20.9 Å². The Morgan fingerprint density at radius 2 is 1.64 bits per heavy atom. The number of fused-ring (bicyclic) bond motifs is 1. The minimum atomic E-state index is -1.21. The van der Waals surface area contributed by atoms with E-state index in [2.05, 4.69) is 10.3 Å². The standard InChI is InChI=1S/C32H28FN5O4/c1-36(2)25-15-13-24(14-16-25)35-31(41)29(22-9-11-23(33)12-10-22)38(19-21-6-5-17-34-18-21)28(39)20-37-27-8-4-3-7-26(27)30(40)32(37)42/h3-18,29H,19-20H2,1-2H3,(H,35,41)/t29-/m1/s1. The molecule has 1 atom stereocenters. The lowest BCUT2D eigenvalue weighted by molar-refractivity contribution is -0.139. The molecule has 0 saturated carbocycles. The zero-order valence-electron chi connectivity index (χ0n) is 23.0. The Kier molecular flexibility index (Phi) is 8.05. The van der Waals surface area contributed by atoms with Gasteiger partial charge in [-0.05, 0) is 65.7 Å². The monoisotopic (exact) mass is 565 g/mol. The molecule has 1 aliphatic rings. The summed E-state index contributed by atoms with van der Waals surface area (Å²) >= 11 is 0. The van der Waals surface area contributed by atoms with Crippen LogP contribution in [0, 0.1) is 5.82 Å². The Hall–Kier alpha value is -5.38. The van der Waals surface area contributed by atoms with Gasteiger partial charge in [0, 0.05) is 44.4 Å². The summed E-state index contributed by atoms with van der Waals surface area (Å²) in [6.07, 6.45) is 3.16. The number of amides is 3. The number of benzene rings is 3. The van der Waals surface area contributed by atoms with Gasteiger partial charge in [0.05, 0.1) is 11.3 Å². The lowest BCUT2D eigenvalue weighted by Crippen LogP contribution is -2.46. The van der Waals surface area contributed by atoms with Gasteiger partial charge in [-0.25, -0.2) is 4.39 Å². The zero-order valence-corrected chi connectivity index (χ0v) is 23.0. The molecule has 3 aromatic carbocycles. The highest BCUT2D eigenvalue weighted by Crippen LogP contribution is 2.31. The van der Waals surface area contributed by atoms with Crippen molar-refractivity contribution >= 4 is 40.6 Å². The van der Waals surface area contributed by atoms with Crippen molar-refractivity contribution in [1.82, 2.24) is 9.88 Å². The molecule has 0 spiro atoms. The maximum absolute atomic E-state index is 14.1. The van der Waals surface area contributed by atoms with Crippen LogP contribution in [0.15, 0.2) is 97.3 Å². The predicted octanol–water partition coefficient (Wildman–Crippen LogP) is 4.22. The van der Waals surface area contributed by atoms with Gasteiger partial charge in [0.25, 0.3) is 17.6 Å². The van der Waals surface area contributed by atoms with Gasteiger partial charge in [0.2, 0.25) is 5.91 Å². The molecule has 212 valence electrons. The van der Waals surface area contributed by atoms with Crippen molar-refractivity contribution in [3.63, 3.8) is 0 Å². The molecule has 0 radical (unpaired) electrons. The summed E-state index contributed by atoms with van der Waals surface area (Å²) in [5.74, 6) is -3.16. The maximum atomic E-state index is 14.1. The molecule has 1 aliphatic heterocycles. The number of nitrogens with one attached hydrogen (secondary N) is 1.